The van der Waals surface area contributed by atoms with Crippen molar-refractivity contribution in [3.8, 4) is 0 Å². The van der Waals surface area contributed by atoms with E-state index in [1.165, 1.54) is 4.90 Å². The van der Waals surface area contributed by atoms with Crippen molar-refractivity contribution in [2.75, 3.05) is 24.6 Å². The topological polar surface area (TPSA) is 94.9 Å². The van der Waals surface area contributed by atoms with Crippen molar-refractivity contribution in [2.45, 2.75) is 12.8 Å². The second kappa shape index (κ2) is 5.81. The zero-order chi connectivity index (χ0) is 14.0. The van der Waals surface area contributed by atoms with E-state index in [0.29, 0.717) is 6.54 Å². The lowest BCUT2D eigenvalue weighted by Crippen LogP contribution is -2.50. The maximum absolute atomic E-state index is 12.2. The highest BCUT2D eigenvalue weighted by molar-refractivity contribution is 7.99. The van der Waals surface area contributed by atoms with Gasteiger partial charge in [0.1, 0.15) is 0 Å². The highest BCUT2D eigenvalue weighted by atomic mass is 32.2. The lowest BCUT2D eigenvalue weighted by atomic mass is 9.85. The van der Waals surface area contributed by atoms with Gasteiger partial charge in [0.15, 0.2) is 0 Å². The maximum atomic E-state index is 12.2. The van der Waals surface area contributed by atoms with Gasteiger partial charge in [0, 0.05) is 24.8 Å². The zero-order valence-electron chi connectivity index (χ0n) is 10.4. The van der Waals surface area contributed by atoms with Crippen molar-refractivity contribution in [1.29, 1.82) is 0 Å². The number of carboxylic acids is 2. The van der Waals surface area contributed by atoms with Crippen LogP contribution in [0.1, 0.15) is 12.8 Å². The van der Waals surface area contributed by atoms with Crippen LogP contribution in [0.3, 0.4) is 0 Å². The lowest BCUT2D eigenvalue weighted by Gasteiger charge is -2.35. The van der Waals surface area contributed by atoms with Crippen molar-refractivity contribution in [2.24, 2.45) is 17.8 Å². The fourth-order valence-electron chi connectivity index (χ4n) is 2.69. The molecule has 2 rings (SSSR count). The molecule has 0 aromatic rings. The molecule has 7 heteroatoms. The summed E-state index contributed by atoms with van der Waals surface area (Å²) < 4.78 is 0. The van der Waals surface area contributed by atoms with Crippen LogP contribution in [0.25, 0.3) is 0 Å². The molecule has 2 N–H and O–H groups in total. The molecule has 1 amide bonds. The van der Waals surface area contributed by atoms with Crippen LogP contribution in [0.15, 0.2) is 0 Å². The molecule has 3 atom stereocenters. The van der Waals surface area contributed by atoms with E-state index in [2.05, 4.69) is 0 Å². The molecule has 3 unspecified atom stereocenters. The third-order valence-electron chi connectivity index (χ3n) is 3.84. The van der Waals surface area contributed by atoms with E-state index < -0.39 is 23.8 Å². The number of hydrogen-bond acceptors (Lipinski definition) is 4. The SMILES string of the molecule is O=C(O)C1CCN(C(=O)C2CCSC2)CC1C(=O)O. The number of piperidine rings is 1. The molecule has 0 aliphatic carbocycles. The van der Waals surface area contributed by atoms with Gasteiger partial charge in [-0.1, -0.05) is 0 Å². The number of nitrogens with zero attached hydrogens (tertiary/aromatic N) is 1. The monoisotopic (exact) mass is 287 g/mol. The van der Waals surface area contributed by atoms with E-state index in [-0.39, 0.29) is 24.8 Å². The highest BCUT2D eigenvalue weighted by Gasteiger charge is 2.41. The average molecular weight is 287 g/mol. The first kappa shape index (κ1) is 14.2. The van der Waals surface area contributed by atoms with Gasteiger partial charge in [-0.05, 0) is 18.6 Å². The summed E-state index contributed by atoms with van der Waals surface area (Å²) in [6, 6.07) is 0. The summed E-state index contributed by atoms with van der Waals surface area (Å²) in [7, 11) is 0. The highest BCUT2D eigenvalue weighted by Crippen LogP contribution is 2.29. The molecule has 2 aliphatic rings. The summed E-state index contributed by atoms with van der Waals surface area (Å²) in [5.74, 6) is -2.40. The van der Waals surface area contributed by atoms with Gasteiger partial charge >= 0.3 is 11.9 Å². The van der Waals surface area contributed by atoms with Gasteiger partial charge in [0.25, 0.3) is 0 Å². The number of amides is 1. The second-order valence-corrected chi connectivity index (χ2v) is 6.17. The first-order valence-corrected chi connectivity index (χ1v) is 7.48. The molecule has 0 aromatic heterocycles. The number of carbonyl (C=O) groups is 3. The normalized spacial score (nSPS) is 31.2. The van der Waals surface area contributed by atoms with Crippen LogP contribution < -0.4 is 0 Å². The molecule has 2 aliphatic heterocycles. The first-order valence-electron chi connectivity index (χ1n) is 6.33. The molecular weight excluding hydrogens is 270 g/mol. The predicted octanol–water partition coefficient (Wildman–Crippen LogP) is 0.373. The standard InChI is InChI=1S/C12H17NO5S/c14-10(7-2-4-19-6-7)13-3-1-8(11(15)16)9(5-13)12(17)18/h7-9H,1-6H2,(H,15,16)(H,17,18). The number of thioether (sulfide) groups is 1. The van der Waals surface area contributed by atoms with Gasteiger partial charge in [0.05, 0.1) is 11.8 Å². The molecule has 0 bridgehead atoms. The van der Waals surface area contributed by atoms with E-state index in [1.54, 1.807) is 11.8 Å². The van der Waals surface area contributed by atoms with Crippen molar-refractivity contribution in [3.05, 3.63) is 0 Å². The summed E-state index contributed by atoms with van der Waals surface area (Å²) in [5, 5.41) is 18.1. The molecule has 0 radical (unpaired) electrons. The molecule has 2 fully saturated rings. The number of carbonyl (C=O) groups excluding carboxylic acids is 1. The molecule has 0 aromatic carbocycles. The fraction of sp³-hybridized carbons (Fsp3) is 0.750. The third-order valence-corrected chi connectivity index (χ3v) is 5.00. The van der Waals surface area contributed by atoms with E-state index in [0.717, 1.165) is 17.9 Å². The fourth-order valence-corrected chi connectivity index (χ4v) is 3.90. The van der Waals surface area contributed by atoms with Gasteiger partial charge in [-0.25, -0.2) is 0 Å². The molecule has 106 valence electrons. The van der Waals surface area contributed by atoms with E-state index in [1.807, 2.05) is 0 Å². The minimum atomic E-state index is -1.13. The van der Waals surface area contributed by atoms with Crippen molar-refractivity contribution >= 4 is 29.6 Å². The largest absolute Gasteiger partial charge is 0.481 e. The molecule has 2 heterocycles. The molecule has 6 nitrogen and oxygen atoms in total. The summed E-state index contributed by atoms with van der Waals surface area (Å²) >= 11 is 1.73. The lowest BCUT2D eigenvalue weighted by molar-refractivity contribution is -0.159. The van der Waals surface area contributed by atoms with Crippen LogP contribution in [0.5, 0.6) is 0 Å². The van der Waals surface area contributed by atoms with E-state index in [9.17, 15) is 14.4 Å². The Balaban J connectivity index is 2.03. The number of hydrogen-bond donors (Lipinski definition) is 2. The van der Waals surface area contributed by atoms with Crippen molar-refractivity contribution in [3.63, 3.8) is 0 Å². The van der Waals surface area contributed by atoms with Crippen LogP contribution in [-0.2, 0) is 14.4 Å². The van der Waals surface area contributed by atoms with E-state index >= 15 is 0 Å². The minimum absolute atomic E-state index is 0.0138. The van der Waals surface area contributed by atoms with Crippen molar-refractivity contribution in [1.82, 2.24) is 4.90 Å². The Labute approximate surface area is 115 Å². The second-order valence-electron chi connectivity index (χ2n) is 5.02. The Morgan fingerprint density at radius 3 is 2.26 bits per heavy atom. The van der Waals surface area contributed by atoms with Crippen LogP contribution in [0, 0.1) is 17.8 Å². The summed E-state index contributed by atoms with van der Waals surface area (Å²) in [6.45, 7) is 0.368. The Kier molecular flexibility index (Phi) is 4.34. The number of rotatable bonds is 3. The predicted molar refractivity (Wildman–Crippen MR) is 68.9 cm³/mol. The maximum Gasteiger partial charge on any atom is 0.309 e. The zero-order valence-corrected chi connectivity index (χ0v) is 11.3. The molecule has 2 saturated heterocycles. The summed E-state index contributed by atoms with van der Waals surface area (Å²) in [5.41, 5.74) is 0. The van der Waals surface area contributed by atoms with Gasteiger partial charge in [-0.3, -0.25) is 14.4 Å². The van der Waals surface area contributed by atoms with Crippen LogP contribution >= 0.6 is 11.8 Å². The average Bonchev–Trinajstić information content (AvgIpc) is 2.90. The summed E-state index contributed by atoms with van der Waals surface area (Å²) in [6.07, 6.45) is 1.05. The van der Waals surface area contributed by atoms with Crippen LogP contribution in [0.4, 0.5) is 0 Å². The molecule has 0 saturated carbocycles. The molecule has 19 heavy (non-hydrogen) atoms. The van der Waals surface area contributed by atoms with E-state index in [4.69, 9.17) is 10.2 Å². The Hall–Kier alpha value is -1.24. The third kappa shape index (κ3) is 3.02. The number of likely N-dealkylation sites (tertiary alicyclic amines) is 1. The first-order chi connectivity index (χ1) is 9.00. The van der Waals surface area contributed by atoms with Crippen LogP contribution in [0.2, 0.25) is 0 Å². The Morgan fingerprint density at radius 2 is 1.74 bits per heavy atom. The quantitative estimate of drug-likeness (QED) is 0.779. The van der Waals surface area contributed by atoms with Crippen LogP contribution in [-0.4, -0.2) is 57.6 Å². The smallest absolute Gasteiger partial charge is 0.309 e. The number of carboxylic acid groups (broad SMARTS) is 2. The van der Waals surface area contributed by atoms with Gasteiger partial charge < -0.3 is 15.1 Å². The van der Waals surface area contributed by atoms with Crippen molar-refractivity contribution < 1.29 is 24.6 Å². The summed E-state index contributed by atoms with van der Waals surface area (Å²) in [4.78, 5) is 35.9. The Bertz CT molecular complexity index is 394. The molecule has 0 spiro atoms. The Morgan fingerprint density at radius 1 is 1.05 bits per heavy atom. The number of aliphatic carboxylic acids is 2. The van der Waals surface area contributed by atoms with Gasteiger partial charge in [0.2, 0.25) is 5.91 Å². The minimum Gasteiger partial charge on any atom is -0.481 e. The van der Waals surface area contributed by atoms with Gasteiger partial charge in [-0.15, -0.1) is 0 Å². The molecular formula is C12H17NO5S. The van der Waals surface area contributed by atoms with Gasteiger partial charge in [-0.2, -0.15) is 11.8 Å².